The highest BCUT2D eigenvalue weighted by atomic mass is 16.5. The van der Waals surface area contributed by atoms with Crippen LogP contribution in [0.4, 0.5) is 0 Å². The largest absolute Gasteiger partial charge is 0.396 e. The average Bonchev–Trinajstić information content (AvgIpc) is 2.48. The Morgan fingerprint density at radius 2 is 2.20 bits per heavy atom. The van der Waals surface area contributed by atoms with Crippen molar-refractivity contribution in [3.05, 3.63) is 0 Å². The molecule has 2 aliphatic heterocycles. The molecule has 0 aromatic rings. The zero-order valence-electron chi connectivity index (χ0n) is 12.6. The molecule has 0 spiro atoms. The predicted octanol–water partition coefficient (Wildman–Crippen LogP) is 0.624. The number of likely N-dealkylation sites (tertiary alicyclic amines) is 1. The normalized spacial score (nSPS) is 26.5. The number of amides is 1. The molecule has 116 valence electrons. The van der Waals surface area contributed by atoms with E-state index in [2.05, 4.69) is 5.32 Å². The van der Waals surface area contributed by atoms with Gasteiger partial charge in [0.1, 0.15) is 0 Å². The fraction of sp³-hybridized carbons (Fsp3) is 0.933. The summed E-state index contributed by atoms with van der Waals surface area (Å²) in [5, 5.41) is 12.4. The standard InChI is InChI=1S/C15H28N2O3/c1-20-12-15(5-7-16-8-6-15)14(19)17-9-2-3-13(11-17)4-10-18/h13,16,18H,2-12H2,1H3. The second-order valence-corrected chi connectivity index (χ2v) is 6.24. The Morgan fingerprint density at radius 3 is 2.85 bits per heavy atom. The first-order chi connectivity index (χ1) is 9.72. The van der Waals surface area contributed by atoms with Gasteiger partial charge in [-0.05, 0) is 51.1 Å². The van der Waals surface area contributed by atoms with E-state index in [0.29, 0.717) is 12.5 Å². The molecule has 2 N–H and O–H groups in total. The number of nitrogens with zero attached hydrogens (tertiary/aromatic N) is 1. The zero-order valence-corrected chi connectivity index (χ0v) is 12.6. The van der Waals surface area contributed by atoms with Gasteiger partial charge in [-0.1, -0.05) is 0 Å². The van der Waals surface area contributed by atoms with Crippen molar-refractivity contribution in [1.82, 2.24) is 10.2 Å². The summed E-state index contributed by atoms with van der Waals surface area (Å²) < 4.78 is 5.36. The summed E-state index contributed by atoms with van der Waals surface area (Å²) >= 11 is 0. The maximum Gasteiger partial charge on any atom is 0.231 e. The lowest BCUT2D eigenvalue weighted by Gasteiger charge is -2.42. The second-order valence-electron chi connectivity index (χ2n) is 6.24. The van der Waals surface area contributed by atoms with Crippen molar-refractivity contribution < 1.29 is 14.6 Å². The SMILES string of the molecule is COCC1(C(=O)N2CCCC(CCO)C2)CCNCC1. The molecule has 0 aromatic carbocycles. The quantitative estimate of drug-likeness (QED) is 0.777. The molecule has 2 rings (SSSR count). The number of rotatable bonds is 5. The smallest absolute Gasteiger partial charge is 0.231 e. The van der Waals surface area contributed by atoms with Gasteiger partial charge >= 0.3 is 0 Å². The molecule has 2 saturated heterocycles. The van der Waals surface area contributed by atoms with Crippen molar-refractivity contribution in [3.8, 4) is 0 Å². The number of carbonyl (C=O) groups is 1. The van der Waals surface area contributed by atoms with Crippen LogP contribution in [0.15, 0.2) is 0 Å². The first-order valence-corrected chi connectivity index (χ1v) is 7.82. The molecule has 2 heterocycles. The first-order valence-electron chi connectivity index (χ1n) is 7.82. The van der Waals surface area contributed by atoms with Crippen LogP contribution in [-0.2, 0) is 9.53 Å². The number of nitrogens with one attached hydrogen (secondary N) is 1. The van der Waals surface area contributed by atoms with E-state index in [4.69, 9.17) is 9.84 Å². The third-order valence-corrected chi connectivity index (χ3v) is 4.78. The summed E-state index contributed by atoms with van der Waals surface area (Å²) in [5.74, 6) is 0.725. The van der Waals surface area contributed by atoms with Crippen molar-refractivity contribution in [2.45, 2.75) is 32.1 Å². The molecule has 1 unspecified atom stereocenters. The number of methoxy groups -OCH3 is 1. The summed E-state index contributed by atoms with van der Waals surface area (Å²) in [4.78, 5) is 15.0. The molecule has 0 bridgehead atoms. The lowest BCUT2D eigenvalue weighted by atomic mass is 9.77. The number of hydrogen-bond donors (Lipinski definition) is 2. The number of ether oxygens (including phenoxy) is 1. The number of aliphatic hydroxyl groups is 1. The van der Waals surface area contributed by atoms with E-state index < -0.39 is 0 Å². The Balaban J connectivity index is 2.02. The van der Waals surface area contributed by atoms with E-state index in [1.54, 1.807) is 7.11 Å². The molecular formula is C15H28N2O3. The third-order valence-electron chi connectivity index (χ3n) is 4.78. The van der Waals surface area contributed by atoms with Gasteiger partial charge in [-0.25, -0.2) is 0 Å². The van der Waals surface area contributed by atoms with Crippen molar-refractivity contribution in [2.75, 3.05) is 46.5 Å². The highest BCUT2D eigenvalue weighted by molar-refractivity contribution is 5.83. The third kappa shape index (κ3) is 3.51. The maximum atomic E-state index is 13.0. The Bertz CT molecular complexity index is 309. The van der Waals surface area contributed by atoms with Crippen LogP contribution >= 0.6 is 0 Å². The number of hydrogen-bond acceptors (Lipinski definition) is 4. The van der Waals surface area contributed by atoms with Crippen LogP contribution in [0, 0.1) is 11.3 Å². The fourth-order valence-electron chi connectivity index (χ4n) is 3.60. The summed E-state index contributed by atoms with van der Waals surface area (Å²) in [6.07, 6.45) is 4.71. The van der Waals surface area contributed by atoms with Crippen LogP contribution in [-0.4, -0.2) is 62.4 Å². The molecule has 5 heteroatoms. The Kier molecular flexibility index (Phi) is 5.81. The van der Waals surface area contributed by atoms with Gasteiger partial charge in [0, 0.05) is 26.8 Å². The van der Waals surface area contributed by atoms with Gasteiger partial charge < -0.3 is 20.1 Å². The lowest BCUT2D eigenvalue weighted by molar-refractivity contribution is -0.149. The molecule has 0 aromatic heterocycles. The van der Waals surface area contributed by atoms with Gasteiger partial charge in [0.05, 0.1) is 12.0 Å². The van der Waals surface area contributed by atoms with Gasteiger partial charge in [0.25, 0.3) is 0 Å². The number of piperidine rings is 2. The van der Waals surface area contributed by atoms with E-state index in [1.807, 2.05) is 4.90 Å². The van der Waals surface area contributed by atoms with E-state index in [-0.39, 0.29) is 17.9 Å². The molecule has 1 atom stereocenters. The van der Waals surface area contributed by atoms with Gasteiger partial charge in [-0.2, -0.15) is 0 Å². The highest BCUT2D eigenvalue weighted by Gasteiger charge is 2.43. The molecule has 2 fully saturated rings. The minimum atomic E-state index is -0.332. The molecular weight excluding hydrogens is 256 g/mol. The van der Waals surface area contributed by atoms with Crippen molar-refractivity contribution in [1.29, 1.82) is 0 Å². The maximum absolute atomic E-state index is 13.0. The van der Waals surface area contributed by atoms with Crippen molar-refractivity contribution in [3.63, 3.8) is 0 Å². The number of carbonyl (C=O) groups excluding carboxylic acids is 1. The highest BCUT2D eigenvalue weighted by Crippen LogP contribution is 2.33. The molecule has 0 radical (unpaired) electrons. The summed E-state index contributed by atoms with van der Waals surface area (Å²) in [6.45, 7) is 4.19. The molecule has 5 nitrogen and oxygen atoms in total. The minimum Gasteiger partial charge on any atom is -0.396 e. The zero-order chi connectivity index (χ0) is 14.4. The molecule has 0 saturated carbocycles. The van der Waals surface area contributed by atoms with Gasteiger partial charge in [-0.15, -0.1) is 0 Å². The van der Waals surface area contributed by atoms with Crippen LogP contribution < -0.4 is 5.32 Å². The second kappa shape index (κ2) is 7.38. The molecule has 2 aliphatic rings. The average molecular weight is 284 g/mol. The van der Waals surface area contributed by atoms with Crippen LogP contribution in [0.1, 0.15) is 32.1 Å². The van der Waals surface area contributed by atoms with Gasteiger partial charge in [-0.3, -0.25) is 4.79 Å². The van der Waals surface area contributed by atoms with Crippen LogP contribution in [0.25, 0.3) is 0 Å². The molecule has 1 amide bonds. The topological polar surface area (TPSA) is 61.8 Å². The summed E-state index contributed by atoms with van der Waals surface area (Å²) in [5.41, 5.74) is -0.332. The number of aliphatic hydroxyl groups excluding tert-OH is 1. The Morgan fingerprint density at radius 1 is 1.45 bits per heavy atom. The van der Waals surface area contributed by atoms with Crippen LogP contribution in [0.2, 0.25) is 0 Å². The van der Waals surface area contributed by atoms with E-state index in [1.165, 1.54) is 0 Å². The van der Waals surface area contributed by atoms with E-state index in [9.17, 15) is 4.79 Å². The summed E-state index contributed by atoms with van der Waals surface area (Å²) in [6, 6.07) is 0. The monoisotopic (exact) mass is 284 g/mol. The fourth-order valence-corrected chi connectivity index (χ4v) is 3.60. The Labute approximate surface area is 121 Å². The van der Waals surface area contributed by atoms with Crippen molar-refractivity contribution >= 4 is 5.91 Å². The van der Waals surface area contributed by atoms with E-state index >= 15 is 0 Å². The minimum absolute atomic E-state index is 0.222. The van der Waals surface area contributed by atoms with Crippen LogP contribution in [0.3, 0.4) is 0 Å². The summed E-state index contributed by atoms with van der Waals surface area (Å²) in [7, 11) is 1.68. The van der Waals surface area contributed by atoms with Crippen molar-refractivity contribution in [2.24, 2.45) is 11.3 Å². The van der Waals surface area contributed by atoms with E-state index in [0.717, 1.165) is 58.3 Å². The van der Waals surface area contributed by atoms with Gasteiger partial charge in [0.2, 0.25) is 5.91 Å². The van der Waals surface area contributed by atoms with Gasteiger partial charge in [0.15, 0.2) is 0 Å². The first kappa shape index (κ1) is 15.7. The Hall–Kier alpha value is -0.650. The molecule has 0 aliphatic carbocycles. The molecule has 20 heavy (non-hydrogen) atoms. The lowest BCUT2D eigenvalue weighted by Crippen LogP contribution is -2.53. The van der Waals surface area contributed by atoms with Crippen LogP contribution in [0.5, 0.6) is 0 Å². The predicted molar refractivity (Wildman–Crippen MR) is 77.4 cm³/mol.